The monoisotopic (exact) mass is 1030 g/mol. The molecule has 0 rings (SSSR count). The van der Waals surface area contributed by atoms with E-state index in [0.717, 1.165) is 63.5 Å². The summed E-state index contributed by atoms with van der Waals surface area (Å²) in [5, 5.41) is 12.4. The Morgan fingerprint density at radius 2 is 0.606 bits per heavy atom. The first kappa shape index (κ1) is 69.3. The maximum atomic E-state index is 13.2. The van der Waals surface area contributed by atoms with E-state index >= 15 is 0 Å². The molecular weight excluding hydrogens is 913 g/mol. The van der Waals surface area contributed by atoms with Gasteiger partial charge in [-0.3, -0.25) is 19.2 Å². The molecule has 0 saturated heterocycles. The maximum absolute atomic E-state index is 13.2. The quantitative estimate of drug-likeness (QED) is 0.0357. The van der Waals surface area contributed by atoms with Crippen molar-refractivity contribution in [2.24, 2.45) is 11.8 Å². The van der Waals surface area contributed by atoms with Crippen LogP contribution in [-0.4, -0.2) is 65.4 Å². The van der Waals surface area contributed by atoms with Crippen molar-refractivity contribution >= 4 is 40.3 Å². The van der Waals surface area contributed by atoms with Crippen molar-refractivity contribution in [3.63, 3.8) is 0 Å². The van der Waals surface area contributed by atoms with Gasteiger partial charge in [0, 0.05) is 25.9 Å². The minimum atomic E-state index is -2.07. The third-order valence-electron chi connectivity index (χ3n) is 15.2. The summed E-state index contributed by atoms with van der Waals surface area (Å²) in [5.74, 6) is -0.136. The van der Waals surface area contributed by atoms with Crippen LogP contribution in [0.25, 0.3) is 0 Å². The number of nitrogens with one attached hydrogen (secondary N) is 4. The molecule has 420 valence electrons. The predicted octanol–water partition coefficient (Wildman–Crippen LogP) is 16.8. The Kier molecular flexibility index (Phi) is 45.6. The third-order valence-corrected chi connectivity index (χ3v) is 22.7. The van der Waals surface area contributed by atoms with E-state index in [9.17, 15) is 19.2 Å². The van der Waals surface area contributed by atoms with Crippen molar-refractivity contribution in [2.75, 3.05) is 13.1 Å². The van der Waals surface area contributed by atoms with Crippen LogP contribution in [0.15, 0.2) is 0 Å². The van der Waals surface area contributed by atoms with Gasteiger partial charge in [-0.2, -0.15) is 0 Å². The number of hydrogen-bond donors (Lipinski definition) is 4. The Morgan fingerprint density at radius 3 is 0.845 bits per heavy atom. The topological polar surface area (TPSA) is 126 Å². The lowest BCUT2D eigenvalue weighted by molar-refractivity contribution is -0.130. The summed E-state index contributed by atoms with van der Waals surface area (Å²) in [5.41, 5.74) is 0. The number of hydrogen-bond acceptors (Lipinski definition) is 5. The summed E-state index contributed by atoms with van der Waals surface area (Å²) in [4.78, 5) is 52.8. The molecule has 71 heavy (non-hydrogen) atoms. The van der Waals surface area contributed by atoms with Gasteiger partial charge in [-0.15, -0.1) is 0 Å². The fraction of sp³-hybridized carbons (Fsp3) is 0.933. The summed E-state index contributed by atoms with van der Waals surface area (Å²) in [6, 6.07) is 0.702. The van der Waals surface area contributed by atoms with Crippen LogP contribution in [0.1, 0.15) is 286 Å². The van der Waals surface area contributed by atoms with E-state index in [1.54, 1.807) is 0 Å². The maximum Gasteiger partial charge on any atom is 0.242 e. The van der Waals surface area contributed by atoms with E-state index in [-0.39, 0.29) is 35.5 Å². The van der Waals surface area contributed by atoms with E-state index < -0.39 is 28.7 Å². The molecule has 9 nitrogen and oxygen atoms in total. The van der Waals surface area contributed by atoms with Gasteiger partial charge in [-0.05, 0) is 75.8 Å². The molecule has 4 N–H and O–H groups in total. The van der Waals surface area contributed by atoms with Crippen molar-refractivity contribution < 1.29 is 23.3 Å². The zero-order chi connectivity index (χ0) is 52.9. The highest BCUT2D eigenvalue weighted by atomic mass is 28.4. The molecule has 0 saturated carbocycles. The molecule has 0 aliphatic carbocycles. The zero-order valence-corrected chi connectivity index (χ0v) is 51.0. The highest BCUT2D eigenvalue weighted by Gasteiger charge is 2.33. The van der Waals surface area contributed by atoms with Crippen LogP contribution < -0.4 is 21.3 Å². The van der Waals surface area contributed by atoms with Gasteiger partial charge in [0.25, 0.3) is 0 Å². The first-order valence-electron chi connectivity index (χ1n) is 31.0. The van der Waals surface area contributed by atoms with Crippen molar-refractivity contribution in [3.05, 3.63) is 0 Å². The fourth-order valence-electron chi connectivity index (χ4n) is 10.1. The molecular formula is C60H122N4O5Si2. The van der Waals surface area contributed by atoms with Gasteiger partial charge in [0.15, 0.2) is 16.6 Å². The second-order valence-corrected chi connectivity index (χ2v) is 32.2. The summed E-state index contributed by atoms with van der Waals surface area (Å²) in [6.07, 6.45) is 46.3. The molecule has 0 unspecified atom stereocenters. The lowest BCUT2D eigenvalue weighted by Crippen LogP contribution is -2.50. The van der Waals surface area contributed by atoms with Crippen LogP contribution in [0.3, 0.4) is 0 Å². The molecule has 0 aromatic rings. The Morgan fingerprint density at radius 1 is 0.366 bits per heavy atom. The molecule has 0 aromatic heterocycles. The smallest absolute Gasteiger partial charge is 0.242 e. The second kappa shape index (κ2) is 46.8. The van der Waals surface area contributed by atoms with Crippen LogP contribution >= 0.6 is 0 Å². The van der Waals surface area contributed by atoms with Gasteiger partial charge >= 0.3 is 0 Å². The highest BCUT2D eigenvalue weighted by molar-refractivity contribution is 6.84. The third kappa shape index (κ3) is 42.2. The molecule has 4 atom stereocenters. The van der Waals surface area contributed by atoms with Gasteiger partial charge in [0.05, 0.1) is 0 Å². The first-order chi connectivity index (χ1) is 34.1. The minimum absolute atomic E-state index is 0.0595. The molecule has 0 aliphatic rings. The number of rotatable bonds is 52. The SMILES string of the molecule is CCCCCCCCCCCCCCCCCCNC(=O)[C@@H](NC(=O)CCC[Si](C)(C)O[Si](C)(C)CCCC(=O)N[C@H](C(=O)NCCCCCCCCCCCCCCCCCC)[C@@H](C)CC)[C@@H](C)CC. The highest BCUT2D eigenvalue weighted by Crippen LogP contribution is 2.25. The normalized spacial score (nSPS) is 13.7. The van der Waals surface area contributed by atoms with E-state index in [4.69, 9.17) is 4.12 Å². The van der Waals surface area contributed by atoms with Gasteiger partial charge < -0.3 is 25.4 Å². The molecule has 4 amide bonds. The van der Waals surface area contributed by atoms with E-state index in [2.05, 4.69) is 75.2 Å². The van der Waals surface area contributed by atoms with Crippen molar-refractivity contribution in [3.8, 4) is 0 Å². The Balaban J connectivity index is 4.38. The van der Waals surface area contributed by atoms with Crippen LogP contribution in [-0.2, 0) is 23.3 Å². The van der Waals surface area contributed by atoms with E-state index in [1.807, 2.05) is 13.8 Å². The molecule has 0 aromatic carbocycles. The summed E-state index contributed by atoms with van der Waals surface area (Å²) in [6.45, 7) is 23.0. The Hall–Kier alpha value is -1.73. The Labute approximate surface area is 443 Å². The summed E-state index contributed by atoms with van der Waals surface area (Å²) in [7, 11) is -4.15. The average molecular weight is 1040 g/mol. The second-order valence-electron chi connectivity index (χ2n) is 23.4. The number of carbonyl (C=O) groups is 4. The Bertz CT molecular complexity index is 1190. The van der Waals surface area contributed by atoms with Gasteiger partial charge in [-0.25, -0.2) is 0 Å². The van der Waals surface area contributed by atoms with E-state index in [0.29, 0.717) is 25.9 Å². The fourth-order valence-corrected chi connectivity index (χ4v) is 18.9. The predicted molar refractivity (Wildman–Crippen MR) is 312 cm³/mol. The molecule has 11 heteroatoms. The van der Waals surface area contributed by atoms with Crippen molar-refractivity contribution in [1.29, 1.82) is 0 Å². The average Bonchev–Trinajstić information content (AvgIpc) is 3.33. The number of carbonyl (C=O) groups excluding carboxylic acids is 4. The number of unbranched alkanes of at least 4 members (excludes halogenated alkanes) is 30. The van der Waals surface area contributed by atoms with Gasteiger partial charge in [-0.1, -0.05) is 247 Å². The molecule has 0 fully saturated rings. The minimum Gasteiger partial charge on any atom is -0.455 e. The van der Waals surface area contributed by atoms with Crippen LogP contribution in [0, 0.1) is 11.8 Å². The lowest BCUT2D eigenvalue weighted by atomic mass is 9.98. The molecule has 0 bridgehead atoms. The van der Waals surface area contributed by atoms with Crippen LogP contribution in [0.2, 0.25) is 38.3 Å². The van der Waals surface area contributed by atoms with Crippen LogP contribution in [0.4, 0.5) is 0 Å². The van der Waals surface area contributed by atoms with Crippen molar-refractivity contribution in [1.82, 2.24) is 21.3 Å². The lowest BCUT2D eigenvalue weighted by Gasteiger charge is -2.34. The number of amides is 4. The first-order valence-corrected chi connectivity index (χ1v) is 37.2. The van der Waals surface area contributed by atoms with E-state index in [1.165, 1.54) is 180 Å². The van der Waals surface area contributed by atoms with Crippen molar-refractivity contribution in [2.45, 2.75) is 336 Å². The summed E-state index contributed by atoms with van der Waals surface area (Å²) >= 11 is 0. The van der Waals surface area contributed by atoms with Gasteiger partial charge in [0.1, 0.15) is 12.1 Å². The summed E-state index contributed by atoms with van der Waals surface area (Å²) < 4.78 is 6.87. The largest absolute Gasteiger partial charge is 0.455 e. The molecule has 0 radical (unpaired) electrons. The van der Waals surface area contributed by atoms with Gasteiger partial charge in [0.2, 0.25) is 23.6 Å². The van der Waals surface area contributed by atoms with Crippen LogP contribution in [0.5, 0.6) is 0 Å². The molecule has 0 heterocycles. The zero-order valence-electron chi connectivity index (χ0n) is 49.0. The standard InChI is InChI=1S/C60H122N4O5Si2/c1-11-15-17-19-21-23-25-27-29-31-33-35-37-39-41-43-49-61-59(67)57(53(5)13-3)63-55(65)47-45-51-70(7,8)69-71(9,10)52-46-48-56(66)64-58(54(6)14-4)60(68)62-50-44-42-40-38-36-34-32-30-28-26-24-22-20-18-16-12-2/h53-54,57-58H,11-52H2,1-10H3,(H,61,67)(H,62,68)(H,63,65)(H,64,66)/t53-,54-,57-,58-/m0/s1. The molecule has 0 spiro atoms. The molecule has 0 aliphatic heterocycles.